The largest absolute Gasteiger partial charge is 0.481 e. The fraction of sp³-hybridized carbons (Fsp3) is 0.846. The quantitative estimate of drug-likeness (QED) is 0.829. The highest BCUT2D eigenvalue weighted by molar-refractivity contribution is 7.99. The van der Waals surface area contributed by atoms with Crippen LogP contribution in [0.25, 0.3) is 0 Å². The molecule has 0 aromatic carbocycles. The van der Waals surface area contributed by atoms with Crippen LogP contribution in [0.2, 0.25) is 0 Å². The molecule has 0 aromatic heterocycles. The van der Waals surface area contributed by atoms with Gasteiger partial charge in [-0.3, -0.25) is 14.5 Å². The summed E-state index contributed by atoms with van der Waals surface area (Å²) in [5, 5.41) is 8.94. The Kier molecular flexibility index (Phi) is 5.51. The number of carboxylic acids is 1. The Morgan fingerprint density at radius 2 is 1.84 bits per heavy atom. The van der Waals surface area contributed by atoms with Crippen molar-refractivity contribution < 1.29 is 14.7 Å². The SMILES string of the molecule is O=C(O)C1CCN(C(=O)CN2CCCSCC2)CC1. The van der Waals surface area contributed by atoms with E-state index in [2.05, 4.69) is 4.90 Å². The second kappa shape index (κ2) is 7.14. The molecule has 2 heterocycles. The van der Waals surface area contributed by atoms with E-state index in [1.54, 1.807) is 0 Å². The van der Waals surface area contributed by atoms with Gasteiger partial charge in [0.15, 0.2) is 0 Å². The number of thioether (sulfide) groups is 1. The highest BCUT2D eigenvalue weighted by Gasteiger charge is 2.27. The Hall–Kier alpha value is -0.750. The van der Waals surface area contributed by atoms with Crippen LogP contribution in [-0.4, -0.2) is 71.0 Å². The fourth-order valence-electron chi connectivity index (χ4n) is 2.62. The first kappa shape index (κ1) is 14.7. The molecule has 2 aliphatic heterocycles. The van der Waals surface area contributed by atoms with Crippen LogP contribution < -0.4 is 0 Å². The molecule has 6 heteroatoms. The molecule has 2 fully saturated rings. The molecule has 0 spiro atoms. The van der Waals surface area contributed by atoms with Crippen molar-refractivity contribution in [3.8, 4) is 0 Å². The molecule has 0 bridgehead atoms. The smallest absolute Gasteiger partial charge is 0.306 e. The van der Waals surface area contributed by atoms with E-state index in [4.69, 9.17) is 5.11 Å². The highest BCUT2D eigenvalue weighted by Crippen LogP contribution is 2.18. The zero-order valence-corrected chi connectivity index (χ0v) is 12.0. The first-order valence-electron chi connectivity index (χ1n) is 6.97. The Balaban J connectivity index is 1.76. The fourth-order valence-corrected chi connectivity index (χ4v) is 3.55. The van der Waals surface area contributed by atoms with E-state index < -0.39 is 5.97 Å². The molecular formula is C13H22N2O3S. The Morgan fingerprint density at radius 1 is 1.11 bits per heavy atom. The zero-order chi connectivity index (χ0) is 13.7. The summed E-state index contributed by atoms with van der Waals surface area (Å²) in [6.45, 7) is 3.68. The molecule has 0 aromatic rings. The maximum absolute atomic E-state index is 12.2. The van der Waals surface area contributed by atoms with Crippen LogP contribution >= 0.6 is 11.8 Å². The molecule has 19 heavy (non-hydrogen) atoms. The van der Waals surface area contributed by atoms with Gasteiger partial charge in [0.1, 0.15) is 0 Å². The molecule has 2 aliphatic rings. The lowest BCUT2D eigenvalue weighted by Gasteiger charge is -2.32. The van der Waals surface area contributed by atoms with Gasteiger partial charge in [-0.1, -0.05) is 0 Å². The van der Waals surface area contributed by atoms with Crippen molar-refractivity contribution in [2.75, 3.05) is 44.2 Å². The number of hydrogen-bond acceptors (Lipinski definition) is 4. The molecular weight excluding hydrogens is 264 g/mol. The van der Waals surface area contributed by atoms with Crippen LogP contribution in [0.15, 0.2) is 0 Å². The Morgan fingerprint density at radius 3 is 2.53 bits per heavy atom. The molecule has 5 nitrogen and oxygen atoms in total. The van der Waals surface area contributed by atoms with Gasteiger partial charge in [0.25, 0.3) is 0 Å². The third kappa shape index (κ3) is 4.38. The maximum Gasteiger partial charge on any atom is 0.306 e. The van der Waals surface area contributed by atoms with E-state index in [9.17, 15) is 9.59 Å². The number of hydrogen-bond donors (Lipinski definition) is 1. The van der Waals surface area contributed by atoms with Crippen molar-refractivity contribution in [3.63, 3.8) is 0 Å². The lowest BCUT2D eigenvalue weighted by atomic mass is 9.97. The van der Waals surface area contributed by atoms with Crippen LogP contribution in [-0.2, 0) is 9.59 Å². The van der Waals surface area contributed by atoms with Gasteiger partial charge in [-0.25, -0.2) is 0 Å². The maximum atomic E-state index is 12.2. The average molecular weight is 286 g/mol. The number of piperidine rings is 1. The molecule has 108 valence electrons. The van der Waals surface area contributed by atoms with E-state index >= 15 is 0 Å². The van der Waals surface area contributed by atoms with E-state index in [1.165, 1.54) is 5.75 Å². The van der Waals surface area contributed by atoms with E-state index in [-0.39, 0.29) is 11.8 Å². The van der Waals surface area contributed by atoms with Crippen molar-refractivity contribution in [1.82, 2.24) is 9.80 Å². The van der Waals surface area contributed by atoms with Crippen molar-refractivity contribution in [1.29, 1.82) is 0 Å². The molecule has 1 N–H and O–H groups in total. The van der Waals surface area contributed by atoms with Crippen molar-refractivity contribution in [2.24, 2.45) is 5.92 Å². The normalized spacial score (nSPS) is 23.1. The van der Waals surface area contributed by atoms with Crippen LogP contribution in [0, 0.1) is 5.92 Å². The topological polar surface area (TPSA) is 60.9 Å². The highest BCUT2D eigenvalue weighted by atomic mass is 32.2. The van der Waals surface area contributed by atoms with E-state index in [0.717, 1.165) is 25.3 Å². The minimum atomic E-state index is -0.725. The number of amides is 1. The van der Waals surface area contributed by atoms with Gasteiger partial charge in [0.2, 0.25) is 5.91 Å². The summed E-state index contributed by atoms with van der Waals surface area (Å²) in [4.78, 5) is 27.1. The molecule has 0 atom stereocenters. The van der Waals surface area contributed by atoms with Crippen molar-refractivity contribution in [3.05, 3.63) is 0 Å². The average Bonchev–Trinajstić information content (AvgIpc) is 2.67. The second-order valence-electron chi connectivity index (χ2n) is 5.24. The molecule has 0 radical (unpaired) electrons. The molecule has 1 amide bonds. The van der Waals surface area contributed by atoms with Gasteiger partial charge in [-0.15, -0.1) is 0 Å². The van der Waals surface area contributed by atoms with Gasteiger partial charge in [0, 0.05) is 25.4 Å². The van der Waals surface area contributed by atoms with Gasteiger partial charge in [-0.2, -0.15) is 11.8 Å². The second-order valence-corrected chi connectivity index (χ2v) is 6.46. The summed E-state index contributed by atoms with van der Waals surface area (Å²) in [5.74, 6) is 1.47. The summed E-state index contributed by atoms with van der Waals surface area (Å²) in [6, 6.07) is 0. The van der Waals surface area contributed by atoms with Gasteiger partial charge in [-0.05, 0) is 31.6 Å². The number of carbonyl (C=O) groups excluding carboxylic acids is 1. The minimum Gasteiger partial charge on any atom is -0.481 e. The van der Waals surface area contributed by atoms with E-state index in [0.29, 0.717) is 32.5 Å². The minimum absolute atomic E-state index is 0.163. The number of likely N-dealkylation sites (tertiary alicyclic amines) is 1. The third-order valence-corrected chi connectivity index (χ3v) is 4.92. The number of carbonyl (C=O) groups is 2. The lowest BCUT2D eigenvalue weighted by Crippen LogP contribution is -2.45. The standard InChI is InChI=1S/C13H22N2O3S/c16-12(10-14-4-1-8-19-9-7-14)15-5-2-11(3-6-15)13(17)18/h11H,1-10H2,(H,17,18). The van der Waals surface area contributed by atoms with Gasteiger partial charge >= 0.3 is 5.97 Å². The van der Waals surface area contributed by atoms with Crippen LogP contribution in [0.3, 0.4) is 0 Å². The van der Waals surface area contributed by atoms with E-state index in [1.807, 2.05) is 16.7 Å². The first-order valence-corrected chi connectivity index (χ1v) is 8.13. The van der Waals surface area contributed by atoms with Crippen molar-refractivity contribution in [2.45, 2.75) is 19.3 Å². The van der Waals surface area contributed by atoms with Crippen LogP contribution in [0.4, 0.5) is 0 Å². The lowest BCUT2D eigenvalue weighted by molar-refractivity contribution is -0.145. The molecule has 0 aliphatic carbocycles. The summed E-state index contributed by atoms with van der Waals surface area (Å²) in [6.07, 6.45) is 2.34. The predicted octanol–water partition coefficient (Wildman–Crippen LogP) is 0.748. The number of nitrogens with zero attached hydrogens (tertiary/aromatic N) is 2. The third-order valence-electron chi connectivity index (χ3n) is 3.87. The summed E-state index contributed by atoms with van der Waals surface area (Å²) < 4.78 is 0. The van der Waals surface area contributed by atoms with Gasteiger partial charge < -0.3 is 10.0 Å². The van der Waals surface area contributed by atoms with Gasteiger partial charge in [0.05, 0.1) is 12.5 Å². The molecule has 0 unspecified atom stereocenters. The molecule has 2 rings (SSSR count). The van der Waals surface area contributed by atoms with Crippen molar-refractivity contribution >= 4 is 23.6 Å². The summed E-state index contributed by atoms with van der Waals surface area (Å²) in [5.41, 5.74) is 0. The first-order chi connectivity index (χ1) is 9.16. The number of rotatable bonds is 3. The number of carboxylic acid groups (broad SMARTS) is 1. The monoisotopic (exact) mass is 286 g/mol. The summed E-state index contributed by atoms with van der Waals surface area (Å²) in [7, 11) is 0. The predicted molar refractivity (Wildman–Crippen MR) is 75.3 cm³/mol. The molecule has 0 saturated carbocycles. The summed E-state index contributed by atoms with van der Waals surface area (Å²) >= 11 is 1.95. The van der Waals surface area contributed by atoms with Crippen LogP contribution in [0.1, 0.15) is 19.3 Å². The zero-order valence-electron chi connectivity index (χ0n) is 11.2. The molecule has 2 saturated heterocycles. The Labute approximate surface area is 118 Å². The van der Waals surface area contributed by atoms with Crippen LogP contribution in [0.5, 0.6) is 0 Å². The number of aliphatic carboxylic acids is 1. The Bertz CT molecular complexity index is 322.